The third-order valence-electron chi connectivity index (χ3n) is 0.702. The van der Waals surface area contributed by atoms with Gasteiger partial charge in [0.05, 0.1) is 0 Å². The van der Waals surface area contributed by atoms with E-state index in [2.05, 4.69) is 20.6 Å². The van der Waals surface area contributed by atoms with Crippen molar-refractivity contribution in [1.29, 1.82) is 0 Å². The number of aromatic nitrogens is 3. The van der Waals surface area contributed by atoms with Crippen molar-refractivity contribution in [2.75, 3.05) is 0 Å². The highest BCUT2D eigenvalue weighted by molar-refractivity contribution is 5.20. The van der Waals surface area contributed by atoms with Crippen LogP contribution in [0.1, 0.15) is 0 Å². The molecule has 1 aromatic heterocycles. The van der Waals surface area contributed by atoms with E-state index in [-0.39, 0.29) is 0 Å². The predicted octanol–water partition coefficient (Wildman–Crippen LogP) is -0.437. The molecule has 0 atom stereocenters. The lowest BCUT2D eigenvalue weighted by molar-refractivity contribution is 0.854. The summed E-state index contributed by atoms with van der Waals surface area (Å²) >= 11 is 0. The lowest BCUT2D eigenvalue weighted by Crippen LogP contribution is -2.03. The van der Waals surface area contributed by atoms with Crippen molar-refractivity contribution in [2.24, 2.45) is 5.18 Å². The fourth-order valence-electron chi connectivity index (χ4n) is 0.342. The summed E-state index contributed by atoms with van der Waals surface area (Å²) in [5, 5.41) is 10.8. The van der Waals surface area contributed by atoms with E-state index in [1.54, 1.807) is 0 Å². The van der Waals surface area contributed by atoms with Crippen molar-refractivity contribution in [3.63, 3.8) is 0 Å². The van der Waals surface area contributed by atoms with Gasteiger partial charge in [0.25, 0.3) is 5.82 Å². The SMILES string of the molecule is O=Nc1n[nH]ncc1=O. The van der Waals surface area contributed by atoms with Gasteiger partial charge in [-0.3, -0.25) is 4.79 Å². The van der Waals surface area contributed by atoms with Gasteiger partial charge in [0.2, 0.25) is 5.43 Å². The highest BCUT2D eigenvalue weighted by atomic mass is 16.3. The van der Waals surface area contributed by atoms with Gasteiger partial charge in [-0.05, 0) is 5.18 Å². The molecule has 1 N–H and O–H groups in total. The Morgan fingerprint density at radius 3 is 2.89 bits per heavy atom. The minimum absolute atomic E-state index is 0.398. The Balaban J connectivity index is 3.32. The summed E-state index contributed by atoms with van der Waals surface area (Å²) in [5.41, 5.74) is -0.580. The normalized spacial score (nSPS) is 8.89. The molecule has 0 radical (unpaired) electrons. The lowest BCUT2D eigenvalue weighted by atomic mass is 10.6. The fourth-order valence-corrected chi connectivity index (χ4v) is 0.342. The monoisotopic (exact) mass is 126 g/mol. The molecule has 0 fully saturated rings. The van der Waals surface area contributed by atoms with E-state index in [1.165, 1.54) is 0 Å². The van der Waals surface area contributed by atoms with Crippen LogP contribution in [0.25, 0.3) is 0 Å². The number of nitrogens with one attached hydrogen (secondary N) is 1. The molecule has 0 aromatic carbocycles. The molecular weight excluding hydrogens is 124 g/mol. The molecule has 0 saturated heterocycles. The van der Waals surface area contributed by atoms with Crippen LogP contribution >= 0.6 is 0 Å². The average molecular weight is 126 g/mol. The number of aromatic amines is 1. The Bertz CT molecular complexity index is 267. The van der Waals surface area contributed by atoms with Gasteiger partial charge in [-0.25, -0.2) is 0 Å². The molecule has 0 aliphatic rings. The number of rotatable bonds is 1. The smallest absolute Gasteiger partial charge is 0.266 e. The van der Waals surface area contributed by atoms with Crippen molar-refractivity contribution < 1.29 is 0 Å². The number of hydrogen-bond donors (Lipinski definition) is 1. The second-order valence-corrected chi connectivity index (χ2v) is 1.25. The summed E-state index contributed by atoms with van der Waals surface area (Å²) < 4.78 is 0. The summed E-state index contributed by atoms with van der Waals surface area (Å²) in [4.78, 5) is 20.1. The van der Waals surface area contributed by atoms with Crippen molar-refractivity contribution in [3.8, 4) is 0 Å². The van der Waals surface area contributed by atoms with Crippen LogP contribution in [0.15, 0.2) is 16.2 Å². The molecule has 0 aliphatic carbocycles. The molecule has 1 heterocycles. The van der Waals surface area contributed by atoms with Gasteiger partial charge in [0.15, 0.2) is 0 Å². The molecule has 9 heavy (non-hydrogen) atoms. The standard InChI is InChI=1S/C3H2N4O2/c8-2-1-4-7-5-3(2)6-9/h1H,(H,7,8). The topological polar surface area (TPSA) is 88.1 Å². The number of H-pyrrole nitrogens is 1. The van der Waals surface area contributed by atoms with Crippen LogP contribution < -0.4 is 5.43 Å². The van der Waals surface area contributed by atoms with Crippen LogP contribution in [0, 0.1) is 4.91 Å². The zero-order valence-electron chi connectivity index (χ0n) is 4.24. The first-order chi connectivity index (χ1) is 4.34. The molecule has 1 aromatic rings. The molecule has 0 saturated carbocycles. The quantitative estimate of drug-likeness (QED) is 0.516. The van der Waals surface area contributed by atoms with Gasteiger partial charge in [-0.15, -0.1) is 10.0 Å². The Morgan fingerprint density at radius 2 is 2.44 bits per heavy atom. The number of nitroso groups, excluding NO2 is 1. The van der Waals surface area contributed by atoms with Crippen LogP contribution in [0.3, 0.4) is 0 Å². The Kier molecular flexibility index (Phi) is 1.31. The second-order valence-electron chi connectivity index (χ2n) is 1.25. The first kappa shape index (κ1) is 5.54. The molecule has 6 heteroatoms. The van der Waals surface area contributed by atoms with Gasteiger partial charge in [0, 0.05) is 0 Å². The van der Waals surface area contributed by atoms with Crippen molar-refractivity contribution in [1.82, 2.24) is 15.4 Å². The van der Waals surface area contributed by atoms with E-state index in [0.29, 0.717) is 0 Å². The summed E-state index contributed by atoms with van der Waals surface area (Å²) in [6.07, 6.45) is 0.934. The molecule has 1 rings (SSSR count). The maximum Gasteiger partial charge on any atom is 0.266 e. The van der Waals surface area contributed by atoms with Crippen LogP contribution in [0.2, 0.25) is 0 Å². The fraction of sp³-hybridized carbons (Fsp3) is 0. The second kappa shape index (κ2) is 2.12. The highest BCUT2D eigenvalue weighted by Gasteiger charge is 1.95. The Labute approximate surface area is 48.9 Å². The van der Waals surface area contributed by atoms with E-state index in [0.717, 1.165) is 6.20 Å². The Morgan fingerprint density at radius 1 is 1.67 bits per heavy atom. The summed E-state index contributed by atoms with van der Waals surface area (Å²) in [5.74, 6) is -0.398. The van der Waals surface area contributed by atoms with Crippen LogP contribution in [0.4, 0.5) is 5.82 Å². The van der Waals surface area contributed by atoms with Crippen LogP contribution in [0.5, 0.6) is 0 Å². The summed E-state index contributed by atoms with van der Waals surface area (Å²) in [6.45, 7) is 0. The third kappa shape index (κ3) is 0.958. The molecule has 0 spiro atoms. The van der Waals surface area contributed by atoms with Crippen molar-refractivity contribution in [2.45, 2.75) is 0 Å². The first-order valence-corrected chi connectivity index (χ1v) is 2.08. The molecule has 46 valence electrons. The largest absolute Gasteiger partial charge is 0.284 e. The van der Waals surface area contributed by atoms with Gasteiger partial charge >= 0.3 is 0 Å². The van der Waals surface area contributed by atoms with Gasteiger partial charge in [-0.1, -0.05) is 0 Å². The molecule has 0 aliphatic heterocycles. The van der Waals surface area contributed by atoms with Crippen LogP contribution in [-0.4, -0.2) is 15.4 Å². The maximum atomic E-state index is 10.4. The molecule has 0 bridgehead atoms. The molecular formula is C3H2N4O2. The van der Waals surface area contributed by atoms with Gasteiger partial charge in [-0.2, -0.15) is 10.3 Å². The first-order valence-electron chi connectivity index (χ1n) is 2.08. The van der Waals surface area contributed by atoms with E-state index < -0.39 is 11.2 Å². The molecule has 6 nitrogen and oxygen atoms in total. The summed E-state index contributed by atoms with van der Waals surface area (Å²) in [7, 11) is 0. The lowest BCUT2D eigenvalue weighted by Gasteiger charge is -1.79. The predicted molar refractivity (Wildman–Crippen MR) is 28.1 cm³/mol. The average Bonchev–Trinajstić information content (AvgIpc) is 1.89. The van der Waals surface area contributed by atoms with Gasteiger partial charge in [0.1, 0.15) is 6.20 Å². The van der Waals surface area contributed by atoms with Crippen molar-refractivity contribution in [3.05, 3.63) is 21.3 Å². The minimum Gasteiger partial charge on any atom is -0.284 e. The maximum absolute atomic E-state index is 10.4. The number of nitrogens with zero attached hydrogens (tertiary/aromatic N) is 3. The zero-order chi connectivity index (χ0) is 6.69. The van der Waals surface area contributed by atoms with Crippen LogP contribution in [-0.2, 0) is 0 Å². The molecule has 0 unspecified atom stereocenters. The van der Waals surface area contributed by atoms with E-state index in [9.17, 15) is 9.70 Å². The number of hydrogen-bond acceptors (Lipinski definition) is 5. The zero-order valence-corrected chi connectivity index (χ0v) is 4.24. The van der Waals surface area contributed by atoms with Crippen molar-refractivity contribution >= 4 is 5.82 Å². The highest BCUT2D eigenvalue weighted by Crippen LogP contribution is 1.89. The summed E-state index contributed by atoms with van der Waals surface area (Å²) in [6, 6.07) is 0. The molecule has 0 amide bonds. The van der Waals surface area contributed by atoms with E-state index in [1.807, 2.05) is 0 Å². The van der Waals surface area contributed by atoms with Gasteiger partial charge < -0.3 is 0 Å². The minimum atomic E-state index is -0.580. The van der Waals surface area contributed by atoms with E-state index >= 15 is 0 Å². The third-order valence-corrected chi connectivity index (χ3v) is 0.702. The van der Waals surface area contributed by atoms with E-state index in [4.69, 9.17) is 0 Å². The Hall–Kier alpha value is -1.59.